The maximum atomic E-state index is 10.9. The Labute approximate surface area is 120 Å². The molecule has 1 unspecified atom stereocenters. The third-order valence-corrected chi connectivity index (χ3v) is 3.52. The van der Waals surface area contributed by atoms with Crippen molar-refractivity contribution in [3.63, 3.8) is 0 Å². The first-order chi connectivity index (χ1) is 9.74. The van der Waals surface area contributed by atoms with E-state index in [-0.39, 0.29) is 5.91 Å². The van der Waals surface area contributed by atoms with E-state index in [0.29, 0.717) is 6.10 Å². The molecule has 110 valence electrons. The molecule has 0 saturated carbocycles. The highest BCUT2D eigenvalue weighted by atomic mass is 16.5. The highest BCUT2D eigenvalue weighted by Gasteiger charge is 2.12. The molecule has 2 rings (SSSR count). The van der Waals surface area contributed by atoms with Crippen molar-refractivity contribution in [3.8, 4) is 0 Å². The molecule has 1 aromatic rings. The standard InChI is InChI=1S/C16H24N2O2/c1-13(19)18-15-7-5-14(6-8-15)12-17-10-9-16-4-2-3-11-20-16/h5-8,16-17H,2-4,9-12H2,1H3,(H,18,19). The largest absolute Gasteiger partial charge is 0.378 e. The van der Waals surface area contributed by atoms with Crippen LogP contribution >= 0.6 is 0 Å². The summed E-state index contributed by atoms with van der Waals surface area (Å²) in [7, 11) is 0. The highest BCUT2D eigenvalue weighted by molar-refractivity contribution is 5.88. The fourth-order valence-corrected chi connectivity index (χ4v) is 2.44. The molecule has 1 atom stereocenters. The van der Waals surface area contributed by atoms with E-state index < -0.39 is 0 Å². The van der Waals surface area contributed by atoms with Gasteiger partial charge in [0, 0.05) is 25.8 Å². The number of rotatable bonds is 6. The van der Waals surface area contributed by atoms with E-state index in [0.717, 1.165) is 31.8 Å². The van der Waals surface area contributed by atoms with E-state index in [4.69, 9.17) is 4.74 Å². The minimum absolute atomic E-state index is 0.0386. The van der Waals surface area contributed by atoms with Gasteiger partial charge in [-0.1, -0.05) is 12.1 Å². The highest BCUT2D eigenvalue weighted by Crippen LogP contribution is 2.15. The molecule has 20 heavy (non-hydrogen) atoms. The molecule has 1 saturated heterocycles. The van der Waals surface area contributed by atoms with Crippen LogP contribution in [0.25, 0.3) is 0 Å². The quantitative estimate of drug-likeness (QED) is 0.785. The van der Waals surface area contributed by atoms with Crippen LogP contribution < -0.4 is 10.6 Å². The second kappa shape index (κ2) is 8.02. The van der Waals surface area contributed by atoms with Gasteiger partial charge in [-0.25, -0.2) is 0 Å². The SMILES string of the molecule is CC(=O)Nc1ccc(CNCCC2CCCCO2)cc1. The van der Waals surface area contributed by atoms with Crippen molar-refractivity contribution < 1.29 is 9.53 Å². The zero-order valence-corrected chi connectivity index (χ0v) is 12.2. The third-order valence-electron chi connectivity index (χ3n) is 3.52. The van der Waals surface area contributed by atoms with Crippen molar-refractivity contribution in [2.24, 2.45) is 0 Å². The van der Waals surface area contributed by atoms with Gasteiger partial charge in [-0.05, 0) is 49.9 Å². The van der Waals surface area contributed by atoms with Crippen LogP contribution in [0.3, 0.4) is 0 Å². The van der Waals surface area contributed by atoms with Crippen LogP contribution in [-0.4, -0.2) is 25.2 Å². The van der Waals surface area contributed by atoms with Crippen LogP contribution in [0.4, 0.5) is 5.69 Å². The number of ether oxygens (including phenoxy) is 1. The summed E-state index contributed by atoms with van der Waals surface area (Å²) in [5, 5.41) is 6.21. The lowest BCUT2D eigenvalue weighted by atomic mass is 10.1. The van der Waals surface area contributed by atoms with Crippen molar-refractivity contribution in [2.75, 3.05) is 18.5 Å². The monoisotopic (exact) mass is 276 g/mol. The second-order valence-electron chi connectivity index (χ2n) is 5.33. The first-order valence-electron chi connectivity index (χ1n) is 7.43. The van der Waals surface area contributed by atoms with Crippen molar-refractivity contribution in [1.29, 1.82) is 0 Å². The Morgan fingerprint density at radius 2 is 2.10 bits per heavy atom. The Morgan fingerprint density at radius 3 is 2.75 bits per heavy atom. The van der Waals surface area contributed by atoms with Crippen molar-refractivity contribution >= 4 is 11.6 Å². The molecule has 4 heteroatoms. The number of hydrogen-bond acceptors (Lipinski definition) is 3. The third kappa shape index (κ3) is 5.31. The first kappa shape index (κ1) is 15.0. The molecule has 0 radical (unpaired) electrons. The van der Waals surface area contributed by atoms with Gasteiger partial charge in [0.1, 0.15) is 0 Å². The maximum Gasteiger partial charge on any atom is 0.221 e. The topological polar surface area (TPSA) is 50.4 Å². The fourth-order valence-electron chi connectivity index (χ4n) is 2.44. The number of anilines is 1. The molecule has 0 bridgehead atoms. The van der Waals surface area contributed by atoms with E-state index in [1.807, 2.05) is 24.3 Å². The Kier molecular flexibility index (Phi) is 6.02. The van der Waals surface area contributed by atoms with Crippen LogP contribution in [0.1, 0.15) is 38.2 Å². The fraction of sp³-hybridized carbons (Fsp3) is 0.562. The molecule has 1 heterocycles. The number of nitrogens with one attached hydrogen (secondary N) is 2. The summed E-state index contributed by atoms with van der Waals surface area (Å²) in [5.41, 5.74) is 2.07. The molecule has 2 N–H and O–H groups in total. The number of amides is 1. The van der Waals surface area contributed by atoms with Gasteiger partial charge in [0.25, 0.3) is 0 Å². The molecule has 1 aliphatic heterocycles. The van der Waals surface area contributed by atoms with Crippen molar-refractivity contribution in [3.05, 3.63) is 29.8 Å². The zero-order chi connectivity index (χ0) is 14.2. The van der Waals surface area contributed by atoms with Gasteiger partial charge in [-0.2, -0.15) is 0 Å². The van der Waals surface area contributed by atoms with E-state index in [1.54, 1.807) is 0 Å². The number of hydrogen-bond donors (Lipinski definition) is 2. The number of carbonyl (C=O) groups excluding carboxylic acids is 1. The summed E-state index contributed by atoms with van der Waals surface area (Å²) in [6.45, 7) is 4.28. The number of carbonyl (C=O) groups is 1. The predicted molar refractivity (Wildman–Crippen MR) is 80.7 cm³/mol. The minimum Gasteiger partial charge on any atom is -0.378 e. The van der Waals surface area contributed by atoms with Gasteiger partial charge >= 0.3 is 0 Å². The molecule has 1 amide bonds. The lowest BCUT2D eigenvalue weighted by Gasteiger charge is -2.22. The van der Waals surface area contributed by atoms with Gasteiger partial charge in [0.15, 0.2) is 0 Å². The lowest BCUT2D eigenvalue weighted by molar-refractivity contribution is -0.114. The van der Waals surface area contributed by atoms with Gasteiger partial charge in [0.2, 0.25) is 5.91 Å². The molecule has 0 spiro atoms. The maximum absolute atomic E-state index is 10.9. The van der Waals surface area contributed by atoms with Crippen LogP contribution in [0.5, 0.6) is 0 Å². The Morgan fingerprint density at radius 1 is 1.30 bits per heavy atom. The van der Waals surface area contributed by atoms with Crippen LogP contribution in [0.15, 0.2) is 24.3 Å². The zero-order valence-electron chi connectivity index (χ0n) is 12.2. The van der Waals surface area contributed by atoms with E-state index in [1.165, 1.54) is 31.7 Å². The van der Waals surface area contributed by atoms with E-state index in [2.05, 4.69) is 10.6 Å². The minimum atomic E-state index is -0.0386. The molecule has 0 aromatic heterocycles. The normalized spacial score (nSPS) is 18.8. The smallest absolute Gasteiger partial charge is 0.221 e. The Hall–Kier alpha value is -1.39. The average Bonchev–Trinajstić information content (AvgIpc) is 2.46. The molecular weight excluding hydrogens is 252 g/mol. The van der Waals surface area contributed by atoms with Crippen molar-refractivity contribution in [1.82, 2.24) is 5.32 Å². The molecule has 0 aliphatic carbocycles. The molecule has 1 aromatic carbocycles. The summed E-state index contributed by atoms with van der Waals surface area (Å²) in [4.78, 5) is 10.9. The van der Waals surface area contributed by atoms with Crippen LogP contribution in [0, 0.1) is 0 Å². The van der Waals surface area contributed by atoms with Crippen LogP contribution in [-0.2, 0) is 16.1 Å². The molecular formula is C16H24N2O2. The Bertz CT molecular complexity index is 411. The molecule has 1 aliphatic rings. The van der Waals surface area contributed by atoms with Gasteiger partial charge in [-0.3, -0.25) is 4.79 Å². The van der Waals surface area contributed by atoms with Gasteiger partial charge in [-0.15, -0.1) is 0 Å². The molecule has 1 fully saturated rings. The van der Waals surface area contributed by atoms with Gasteiger partial charge < -0.3 is 15.4 Å². The lowest BCUT2D eigenvalue weighted by Crippen LogP contribution is -2.25. The van der Waals surface area contributed by atoms with E-state index in [9.17, 15) is 4.79 Å². The molecule has 4 nitrogen and oxygen atoms in total. The van der Waals surface area contributed by atoms with Crippen LogP contribution in [0.2, 0.25) is 0 Å². The summed E-state index contributed by atoms with van der Waals surface area (Å²) in [6.07, 6.45) is 5.25. The summed E-state index contributed by atoms with van der Waals surface area (Å²) in [5.74, 6) is -0.0386. The predicted octanol–water partition coefficient (Wildman–Crippen LogP) is 2.69. The van der Waals surface area contributed by atoms with E-state index >= 15 is 0 Å². The second-order valence-corrected chi connectivity index (χ2v) is 5.33. The number of benzene rings is 1. The summed E-state index contributed by atoms with van der Waals surface area (Å²) >= 11 is 0. The van der Waals surface area contributed by atoms with Crippen molar-refractivity contribution in [2.45, 2.75) is 45.3 Å². The average molecular weight is 276 g/mol. The summed E-state index contributed by atoms with van der Waals surface area (Å²) < 4.78 is 5.70. The van der Waals surface area contributed by atoms with Gasteiger partial charge in [0.05, 0.1) is 6.10 Å². The Balaban J connectivity index is 1.64. The first-order valence-corrected chi connectivity index (χ1v) is 7.43. The summed E-state index contributed by atoms with van der Waals surface area (Å²) in [6, 6.07) is 7.94.